The Hall–Kier alpha value is -2.51. The van der Waals surface area contributed by atoms with Crippen LogP contribution in [0, 0.1) is 17.6 Å². The van der Waals surface area contributed by atoms with Crippen LogP contribution in [0.4, 0.5) is 8.78 Å². The zero-order valence-corrected chi connectivity index (χ0v) is 13.9. The molecule has 8 heteroatoms. The Kier molecular flexibility index (Phi) is 6.06. The lowest BCUT2D eigenvalue weighted by molar-refractivity contribution is -0.140. The number of amides is 2. The molecule has 0 radical (unpaired) electrons. The van der Waals surface area contributed by atoms with Gasteiger partial charge in [-0.2, -0.15) is 0 Å². The maximum atomic E-state index is 13.4. The number of hydrogen-bond acceptors (Lipinski definition) is 3. The molecule has 1 aliphatic rings. The number of rotatable bonds is 7. The number of benzene rings is 1. The van der Waals surface area contributed by atoms with E-state index in [-0.39, 0.29) is 44.3 Å². The van der Waals surface area contributed by atoms with Crippen LogP contribution in [0.2, 0.25) is 0 Å². The molecule has 1 aromatic carbocycles. The lowest BCUT2D eigenvalue weighted by Gasteiger charge is -2.25. The van der Waals surface area contributed by atoms with E-state index in [1.54, 1.807) is 4.90 Å². The van der Waals surface area contributed by atoms with Crippen LogP contribution in [0.3, 0.4) is 0 Å². The third kappa shape index (κ3) is 4.74. The van der Waals surface area contributed by atoms with Crippen LogP contribution in [-0.2, 0) is 20.9 Å². The zero-order chi connectivity index (χ0) is 18.6. The minimum absolute atomic E-state index is 0.0415. The highest BCUT2D eigenvalue weighted by atomic mass is 19.2. The van der Waals surface area contributed by atoms with Crippen LogP contribution in [0.15, 0.2) is 18.2 Å². The fourth-order valence-corrected chi connectivity index (χ4v) is 2.86. The van der Waals surface area contributed by atoms with Gasteiger partial charge in [0, 0.05) is 32.6 Å². The van der Waals surface area contributed by atoms with Crippen LogP contribution in [-0.4, -0.2) is 52.3 Å². The van der Waals surface area contributed by atoms with E-state index in [1.807, 2.05) is 6.92 Å². The standard InChI is InChI=1S/C17H20F2N2O4/c1-2-20-10-12(8-15(20)22)17(25)21(6-5-16(23)24)9-11-3-4-13(18)14(19)7-11/h3-4,7,12H,2,5-6,8-10H2,1H3,(H,23,24). The number of carboxylic acid groups (broad SMARTS) is 1. The third-order valence-electron chi connectivity index (χ3n) is 4.21. The SMILES string of the molecule is CCN1CC(C(=O)N(CCC(=O)O)Cc2ccc(F)c(F)c2)CC1=O. The molecule has 1 aliphatic heterocycles. The quantitative estimate of drug-likeness (QED) is 0.807. The number of hydrogen-bond donors (Lipinski definition) is 1. The van der Waals surface area contributed by atoms with Crippen molar-refractivity contribution in [3.05, 3.63) is 35.4 Å². The summed E-state index contributed by atoms with van der Waals surface area (Å²) in [5, 5.41) is 8.87. The Morgan fingerprint density at radius 2 is 2.04 bits per heavy atom. The molecule has 1 aromatic rings. The second kappa shape index (κ2) is 8.04. The molecule has 6 nitrogen and oxygen atoms in total. The molecule has 0 aromatic heterocycles. The topological polar surface area (TPSA) is 77.9 Å². The van der Waals surface area contributed by atoms with Crippen molar-refractivity contribution >= 4 is 17.8 Å². The van der Waals surface area contributed by atoms with E-state index in [9.17, 15) is 23.2 Å². The first kappa shape index (κ1) is 18.8. The van der Waals surface area contributed by atoms with E-state index in [1.165, 1.54) is 11.0 Å². The van der Waals surface area contributed by atoms with Gasteiger partial charge in [-0.25, -0.2) is 8.78 Å². The summed E-state index contributed by atoms with van der Waals surface area (Å²) in [6.07, 6.45) is -0.193. The van der Waals surface area contributed by atoms with Gasteiger partial charge in [0.15, 0.2) is 11.6 Å². The van der Waals surface area contributed by atoms with Gasteiger partial charge in [-0.3, -0.25) is 14.4 Å². The molecule has 2 amide bonds. The Morgan fingerprint density at radius 3 is 2.60 bits per heavy atom. The second-order valence-corrected chi connectivity index (χ2v) is 5.99. The summed E-state index contributed by atoms with van der Waals surface area (Å²) < 4.78 is 26.4. The van der Waals surface area contributed by atoms with Crippen LogP contribution in [0.1, 0.15) is 25.3 Å². The summed E-state index contributed by atoms with van der Waals surface area (Å²) >= 11 is 0. The minimum Gasteiger partial charge on any atom is -0.481 e. The number of carbonyl (C=O) groups excluding carboxylic acids is 2. The molecule has 1 N–H and O–H groups in total. The van der Waals surface area contributed by atoms with Gasteiger partial charge >= 0.3 is 5.97 Å². The van der Waals surface area contributed by atoms with Gasteiger partial charge in [-0.05, 0) is 24.6 Å². The monoisotopic (exact) mass is 354 g/mol. The maximum absolute atomic E-state index is 13.4. The largest absolute Gasteiger partial charge is 0.481 e. The van der Waals surface area contributed by atoms with E-state index >= 15 is 0 Å². The molecule has 0 aliphatic carbocycles. The molecule has 25 heavy (non-hydrogen) atoms. The third-order valence-corrected chi connectivity index (χ3v) is 4.21. The maximum Gasteiger partial charge on any atom is 0.305 e. The van der Waals surface area contributed by atoms with Crippen LogP contribution in [0.5, 0.6) is 0 Å². The fourth-order valence-electron chi connectivity index (χ4n) is 2.86. The fraction of sp³-hybridized carbons (Fsp3) is 0.471. The van der Waals surface area contributed by atoms with Gasteiger partial charge < -0.3 is 14.9 Å². The molecule has 0 spiro atoms. The Labute approximate surface area is 144 Å². The van der Waals surface area contributed by atoms with Crippen molar-refractivity contribution in [1.82, 2.24) is 9.80 Å². The second-order valence-electron chi connectivity index (χ2n) is 5.99. The highest BCUT2D eigenvalue weighted by Crippen LogP contribution is 2.21. The molecular formula is C17H20F2N2O4. The highest BCUT2D eigenvalue weighted by Gasteiger charge is 2.35. The van der Waals surface area contributed by atoms with E-state index in [0.717, 1.165) is 12.1 Å². The summed E-state index contributed by atoms with van der Waals surface area (Å²) in [5.41, 5.74) is 0.356. The van der Waals surface area contributed by atoms with Crippen molar-refractivity contribution in [3.8, 4) is 0 Å². The summed E-state index contributed by atoms with van der Waals surface area (Å²) in [6, 6.07) is 3.29. The van der Waals surface area contributed by atoms with Crippen LogP contribution >= 0.6 is 0 Å². The Balaban J connectivity index is 2.14. The molecule has 1 fully saturated rings. The first-order chi connectivity index (χ1) is 11.8. The molecule has 1 saturated heterocycles. The van der Waals surface area contributed by atoms with Gasteiger partial charge in [0.2, 0.25) is 11.8 Å². The number of aliphatic carboxylic acids is 1. The van der Waals surface area contributed by atoms with E-state index in [0.29, 0.717) is 12.1 Å². The van der Waals surface area contributed by atoms with Crippen molar-refractivity contribution in [3.63, 3.8) is 0 Å². The molecule has 0 bridgehead atoms. The summed E-state index contributed by atoms with van der Waals surface area (Å²) in [5.74, 6) is -4.11. The van der Waals surface area contributed by atoms with Gasteiger partial charge in [0.25, 0.3) is 0 Å². The number of carbonyl (C=O) groups is 3. The highest BCUT2D eigenvalue weighted by molar-refractivity contribution is 5.89. The molecular weight excluding hydrogens is 334 g/mol. The molecule has 1 atom stereocenters. The molecule has 136 valence electrons. The van der Waals surface area contributed by atoms with Crippen LogP contribution < -0.4 is 0 Å². The van der Waals surface area contributed by atoms with Crippen molar-refractivity contribution < 1.29 is 28.3 Å². The van der Waals surface area contributed by atoms with Gasteiger partial charge in [-0.15, -0.1) is 0 Å². The Bertz CT molecular complexity index is 681. The van der Waals surface area contributed by atoms with Crippen LogP contribution in [0.25, 0.3) is 0 Å². The van der Waals surface area contributed by atoms with Crippen molar-refractivity contribution in [2.24, 2.45) is 5.92 Å². The summed E-state index contributed by atoms with van der Waals surface area (Å²) in [7, 11) is 0. The van der Waals surface area contributed by atoms with E-state index in [4.69, 9.17) is 5.11 Å². The van der Waals surface area contributed by atoms with Gasteiger partial charge in [0.05, 0.1) is 12.3 Å². The summed E-state index contributed by atoms with van der Waals surface area (Å²) in [4.78, 5) is 38.2. The van der Waals surface area contributed by atoms with E-state index in [2.05, 4.69) is 0 Å². The predicted octanol–water partition coefficient (Wildman–Crippen LogP) is 1.64. The molecule has 0 saturated carbocycles. The first-order valence-corrected chi connectivity index (χ1v) is 8.04. The van der Waals surface area contributed by atoms with Crippen molar-refractivity contribution in [1.29, 1.82) is 0 Å². The average Bonchev–Trinajstić information content (AvgIpc) is 2.94. The number of carboxylic acids is 1. The first-order valence-electron chi connectivity index (χ1n) is 8.04. The van der Waals surface area contributed by atoms with Crippen molar-refractivity contribution in [2.45, 2.75) is 26.3 Å². The van der Waals surface area contributed by atoms with E-state index < -0.39 is 23.5 Å². The van der Waals surface area contributed by atoms with Gasteiger partial charge in [0.1, 0.15) is 0 Å². The smallest absolute Gasteiger partial charge is 0.305 e. The number of halogens is 2. The average molecular weight is 354 g/mol. The molecule has 1 heterocycles. The van der Waals surface area contributed by atoms with Crippen molar-refractivity contribution in [2.75, 3.05) is 19.6 Å². The summed E-state index contributed by atoms with van der Waals surface area (Å²) in [6.45, 7) is 2.49. The number of nitrogens with zero attached hydrogens (tertiary/aromatic N) is 2. The predicted molar refractivity (Wildman–Crippen MR) is 84.4 cm³/mol. The minimum atomic E-state index is -1.07. The molecule has 2 rings (SSSR count). The normalized spacial score (nSPS) is 17.0. The number of likely N-dealkylation sites (tertiary alicyclic amines) is 1. The van der Waals surface area contributed by atoms with Gasteiger partial charge in [-0.1, -0.05) is 6.07 Å². The zero-order valence-electron chi connectivity index (χ0n) is 13.9. The molecule has 1 unspecified atom stereocenters. The lowest BCUT2D eigenvalue weighted by Crippen LogP contribution is -2.38. The Morgan fingerprint density at radius 1 is 1.32 bits per heavy atom. The lowest BCUT2D eigenvalue weighted by atomic mass is 10.1.